The summed E-state index contributed by atoms with van der Waals surface area (Å²) < 4.78 is 13.6. The van der Waals surface area contributed by atoms with E-state index in [4.69, 9.17) is 17.3 Å². The van der Waals surface area contributed by atoms with Crippen LogP contribution >= 0.6 is 22.9 Å². The zero-order valence-electron chi connectivity index (χ0n) is 9.04. The number of rotatable bonds is 4. The topological polar surface area (TPSA) is 38.0 Å². The van der Waals surface area contributed by atoms with Crippen LogP contribution in [0.1, 0.15) is 4.88 Å². The number of halogens is 2. The molecule has 3 N–H and O–H groups in total. The fourth-order valence-corrected chi connectivity index (χ4v) is 2.59. The molecule has 0 atom stereocenters. The van der Waals surface area contributed by atoms with E-state index in [0.29, 0.717) is 5.69 Å². The summed E-state index contributed by atoms with van der Waals surface area (Å²) in [6, 6.07) is 8.23. The Morgan fingerprint density at radius 3 is 2.76 bits per heavy atom. The van der Waals surface area contributed by atoms with Gasteiger partial charge in [0.1, 0.15) is 5.82 Å². The molecular formula is C12H12ClFN2S. The van der Waals surface area contributed by atoms with Gasteiger partial charge in [-0.15, -0.1) is 11.3 Å². The minimum atomic E-state index is -0.321. The van der Waals surface area contributed by atoms with E-state index >= 15 is 0 Å². The van der Waals surface area contributed by atoms with E-state index < -0.39 is 0 Å². The highest BCUT2D eigenvalue weighted by Crippen LogP contribution is 2.22. The first-order chi connectivity index (χ1) is 8.15. The normalized spacial score (nSPS) is 10.5. The molecule has 5 heteroatoms. The van der Waals surface area contributed by atoms with E-state index in [9.17, 15) is 4.39 Å². The monoisotopic (exact) mass is 270 g/mol. The summed E-state index contributed by atoms with van der Waals surface area (Å²) in [5.74, 6) is -0.321. The van der Waals surface area contributed by atoms with Gasteiger partial charge in [-0.05, 0) is 36.8 Å². The average molecular weight is 271 g/mol. The van der Waals surface area contributed by atoms with Gasteiger partial charge in [0, 0.05) is 11.4 Å². The first-order valence-electron chi connectivity index (χ1n) is 5.18. The lowest BCUT2D eigenvalue weighted by Crippen LogP contribution is -2.06. The van der Waals surface area contributed by atoms with E-state index in [2.05, 4.69) is 5.32 Å². The van der Waals surface area contributed by atoms with Crippen LogP contribution in [0.2, 0.25) is 4.34 Å². The predicted molar refractivity (Wildman–Crippen MR) is 72.3 cm³/mol. The molecule has 0 aliphatic rings. The molecule has 0 aliphatic carbocycles. The number of nitrogen functional groups attached to an aromatic ring is 1. The van der Waals surface area contributed by atoms with Gasteiger partial charge in [0.15, 0.2) is 0 Å². The molecule has 0 saturated heterocycles. The van der Waals surface area contributed by atoms with Gasteiger partial charge in [0.25, 0.3) is 0 Å². The Morgan fingerprint density at radius 1 is 1.29 bits per heavy atom. The van der Waals surface area contributed by atoms with Crippen molar-refractivity contribution in [2.24, 2.45) is 0 Å². The Morgan fingerprint density at radius 2 is 2.12 bits per heavy atom. The second-order valence-corrected chi connectivity index (χ2v) is 5.41. The van der Waals surface area contributed by atoms with Crippen molar-refractivity contribution < 1.29 is 4.39 Å². The summed E-state index contributed by atoms with van der Waals surface area (Å²) >= 11 is 7.40. The van der Waals surface area contributed by atoms with Gasteiger partial charge in [-0.25, -0.2) is 4.39 Å². The number of hydrogen-bond donors (Lipinski definition) is 2. The van der Waals surface area contributed by atoms with Crippen molar-refractivity contribution in [1.82, 2.24) is 0 Å². The maximum Gasteiger partial charge on any atom is 0.125 e. The third kappa shape index (κ3) is 3.35. The Hall–Kier alpha value is -1.26. The molecule has 0 fully saturated rings. The highest BCUT2D eigenvalue weighted by molar-refractivity contribution is 7.16. The number of nitrogens with two attached hydrogens (primary N) is 1. The van der Waals surface area contributed by atoms with Crippen LogP contribution in [0, 0.1) is 5.82 Å². The standard InChI is InChI=1S/C12H12ClFN2S/c13-12-4-2-9(17-12)5-6-16-11-3-1-8(14)7-10(11)15/h1-4,7,16H,5-6,15H2. The lowest BCUT2D eigenvalue weighted by molar-refractivity contribution is 0.628. The molecule has 17 heavy (non-hydrogen) atoms. The Kier molecular flexibility index (Phi) is 3.86. The first kappa shape index (κ1) is 12.2. The smallest absolute Gasteiger partial charge is 0.125 e. The summed E-state index contributed by atoms with van der Waals surface area (Å²) in [6.07, 6.45) is 0.869. The molecular weight excluding hydrogens is 259 g/mol. The van der Waals surface area contributed by atoms with Crippen molar-refractivity contribution in [2.75, 3.05) is 17.6 Å². The van der Waals surface area contributed by atoms with Crippen molar-refractivity contribution in [2.45, 2.75) is 6.42 Å². The molecule has 90 valence electrons. The molecule has 2 aromatic rings. The molecule has 0 unspecified atom stereocenters. The van der Waals surface area contributed by atoms with Crippen molar-refractivity contribution >= 4 is 34.3 Å². The lowest BCUT2D eigenvalue weighted by Gasteiger charge is -2.08. The molecule has 0 spiro atoms. The van der Waals surface area contributed by atoms with Gasteiger partial charge >= 0.3 is 0 Å². The summed E-state index contributed by atoms with van der Waals surface area (Å²) in [6.45, 7) is 0.743. The molecule has 1 aromatic carbocycles. The fraction of sp³-hybridized carbons (Fsp3) is 0.167. The number of nitrogens with one attached hydrogen (secondary N) is 1. The zero-order valence-corrected chi connectivity index (χ0v) is 10.6. The second kappa shape index (κ2) is 5.38. The molecule has 0 radical (unpaired) electrons. The Balaban J connectivity index is 1.90. The van der Waals surface area contributed by atoms with Crippen LogP contribution < -0.4 is 11.1 Å². The van der Waals surface area contributed by atoms with Crippen molar-refractivity contribution in [3.63, 3.8) is 0 Å². The SMILES string of the molecule is Nc1cc(F)ccc1NCCc1ccc(Cl)s1. The third-order valence-corrected chi connectivity index (χ3v) is 3.62. The average Bonchev–Trinajstić information content (AvgIpc) is 2.68. The summed E-state index contributed by atoms with van der Waals surface area (Å²) in [5, 5.41) is 3.17. The number of benzene rings is 1. The van der Waals surface area contributed by atoms with Crippen LogP contribution in [0.4, 0.5) is 15.8 Å². The molecule has 0 aliphatic heterocycles. The third-order valence-electron chi connectivity index (χ3n) is 2.33. The van der Waals surface area contributed by atoms with Gasteiger partial charge < -0.3 is 11.1 Å². The number of thiophene rings is 1. The van der Waals surface area contributed by atoms with Crippen LogP contribution in [0.3, 0.4) is 0 Å². The van der Waals surface area contributed by atoms with Crippen LogP contribution in [-0.4, -0.2) is 6.54 Å². The maximum atomic E-state index is 12.8. The molecule has 0 bridgehead atoms. The largest absolute Gasteiger partial charge is 0.397 e. The minimum absolute atomic E-state index is 0.321. The van der Waals surface area contributed by atoms with Crippen LogP contribution in [0.5, 0.6) is 0 Å². The molecule has 0 saturated carbocycles. The highest BCUT2D eigenvalue weighted by Gasteiger charge is 2.01. The van der Waals surface area contributed by atoms with E-state index in [1.807, 2.05) is 12.1 Å². The van der Waals surface area contributed by atoms with Gasteiger partial charge in [-0.1, -0.05) is 11.6 Å². The molecule has 2 rings (SSSR count). The van der Waals surface area contributed by atoms with Crippen LogP contribution in [0.15, 0.2) is 30.3 Å². The molecule has 2 nitrogen and oxygen atoms in total. The Bertz CT molecular complexity index is 513. The van der Waals surface area contributed by atoms with E-state index in [-0.39, 0.29) is 5.82 Å². The van der Waals surface area contributed by atoms with Crippen molar-refractivity contribution in [1.29, 1.82) is 0 Å². The minimum Gasteiger partial charge on any atom is -0.397 e. The van der Waals surface area contributed by atoms with E-state index in [0.717, 1.165) is 23.0 Å². The fourth-order valence-electron chi connectivity index (χ4n) is 1.50. The first-order valence-corrected chi connectivity index (χ1v) is 6.38. The second-order valence-electron chi connectivity index (χ2n) is 3.61. The van der Waals surface area contributed by atoms with Crippen LogP contribution in [0.25, 0.3) is 0 Å². The number of hydrogen-bond acceptors (Lipinski definition) is 3. The maximum absolute atomic E-state index is 12.8. The quantitative estimate of drug-likeness (QED) is 0.830. The van der Waals surface area contributed by atoms with Gasteiger partial charge in [-0.2, -0.15) is 0 Å². The van der Waals surface area contributed by atoms with Crippen molar-refractivity contribution in [3.05, 3.63) is 45.4 Å². The molecule has 1 aromatic heterocycles. The van der Waals surface area contributed by atoms with E-state index in [1.54, 1.807) is 17.4 Å². The molecule has 1 heterocycles. The van der Waals surface area contributed by atoms with Crippen molar-refractivity contribution in [3.8, 4) is 0 Å². The Labute approximate surface area is 108 Å². The van der Waals surface area contributed by atoms with E-state index in [1.165, 1.54) is 17.0 Å². The summed E-state index contributed by atoms with van der Waals surface area (Å²) in [7, 11) is 0. The van der Waals surface area contributed by atoms with Gasteiger partial charge in [0.05, 0.1) is 15.7 Å². The van der Waals surface area contributed by atoms with Gasteiger partial charge in [0.2, 0.25) is 0 Å². The van der Waals surface area contributed by atoms with Gasteiger partial charge in [-0.3, -0.25) is 0 Å². The van der Waals surface area contributed by atoms with Crippen LogP contribution in [-0.2, 0) is 6.42 Å². The molecule has 0 amide bonds. The number of anilines is 2. The summed E-state index contributed by atoms with van der Waals surface area (Å²) in [4.78, 5) is 1.21. The highest BCUT2D eigenvalue weighted by atomic mass is 35.5. The summed E-state index contributed by atoms with van der Waals surface area (Å²) in [5.41, 5.74) is 6.87. The zero-order chi connectivity index (χ0) is 12.3. The predicted octanol–water partition coefficient (Wildman–Crippen LogP) is 3.78. The lowest BCUT2D eigenvalue weighted by atomic mass is 10.2.